The number of aromatic nitrogens is 4. The zero-order chi connectivity index (χ0) is 19.2. The molecule has 0 bridgehead atoms. The van der Waals surface area contributed by atoms with Crippen molar-refractivity contribution in [2.24, 2.45) is 0 Å². The Labute approximate surface area is 167 Å². The molecule has 2 aliphatic heterocycles. The van der Waals surface area contributed by atoms with Crippen molar-refractivity contribution < 1.29 is 4.74 Å². The number of benzene rings is 1. The highest BCUT2D eigenvalue weighted by molar-refractivity contribution is 5.14. The van der Waals surface area contributed by atoms with Crippen molar-refractivity contribution in [2.45, 2.75) is 57.8 Å². The molecule has 1 aromatic carbocycles. The van der Waals surface area contributed by atoms with Crippen LogP contribution < -0.4 is 0 Å². The van der Waals surface area contributed by atoms with Crippen molar-refractivity contribution in [1.29, 1.82) is 0 Å². The lowest BCUT2D eigenvalue weighted by Gasteiger charge is -2.38. The van der Waals surface area contributed by atoms with Gasteiger partial charge >= 0.3 is 0 Å². The normalized spacial score (nSPS) is 22.5. The van der Waals surface area contributed by atoms with E-state index in [1.807, 2.05) is 4.68 Å². The zero-order valence-corrected chi connectivity index (χ0v) is 16.9. The van der Waals surface area contributed by atoms with Gasteiger partial charge in [-0.1, -0.05) is 43.7 Å². The molecule has 0 aliphatic carbocycles. The minimum Gasteiger partial charge on any atom is -0.376 e. The first-order valence-electron chi connectivity index (χ1n) is 10.7. The molecular weight excluding hydrogens is 352 g/mol. The number of tetrazole rings is 1. The van der Waals surface area contributed by atoms with Gasteiger partial charge < -0.3 is 4.74 Å². The lowest BCUT2D eigenvalue weighted by molar-refractivity contribution is 0.0735. The standard InChI is InChI=1S/C21H32N6O/c1-2-7-20(21-22-23-24-27(21)17-19-10-6-15-28-19)26-13-11-25(12-14-26)16-18-8-4-3-5-9-18/h3-5,8-9,19-20H,2,6-7,10-17H2,1H3/t19-,20+/m0/s1. The second-order valence-electron chi connectivity index (χ2n) is 7.96. The van der Waals surface area contributed by atoms with Gasteiger partial charge in [-0.15, -0.1) is 5.10 Å². The zero-order valence-electron chi connectivity index (χ0n) is 16.9. The lowest BCUT2D eigenvalue weighted by atomic mass is 10.1. The highest BCUT2D eigenvalue weighted by atomic mass is 16.5. The second kappa shape index (κ2) is 9.58. The Balaban J connectivity index is 1.38. The van der Waals surface area contributed by atoms with E-state index in [-0.39, 0.29) is 6.10 Å². The Morgan fingerprint density at radius 2 is 1.96 bits per heavy atom. The van der Waals surface area contributed by atoms with Crippen LogP contribution >= 0.6 is 0 Å². The summed E-state index contributed by atoms with van der Waals surface area (Å²) in [7, 11) is 0. The number of hydrogen-bond donors (Lipinski definition) is 0. The summed E-state index contributed by atoms with van der Waals surface area (Å²) in [5.74, 6) is 1.01. The van der Waals surface area contributed by atoms with Crippen LogP contribution in [0, 0.1) is 0 Å². The van der Waals surface area contributed by atoms with Crippen LogP contribution in [-0.4, -0.2) is 68.9 Å². The van der Waals surface area contributed by atoms with Gasteiger partial charge in [-0.05, 0) is 35.3 Å². The fourth-order valence-corrected chi connectivity index (χ4v) is 4.38. The molecule has 0 radical (unpaired) electrons. The van der Waals surface area contributed by atoms with E-state index in [0.29, 0.717) is 6.04 Å². The maximum absolute atomic E-state index is 5.80. The molecule has 152 valence electrons. The molecule has 4 rings (SSSR count). The molecule has 28 heavy (non-hydrogen) atoms. The maximum Gasteiger partial charge on any atom is 0.168 e. The third-order valence-electron chi connectivity index (χ3n) is 5.92. The molecule has 0 amide bonds. The summed E-state index contributed by atoms with van der Waals surface area (Å²) in [4.78, 5) is 5.12. The van der Waals surface area contributed by atoms with E-state index < -0.39 is 0 Å². The van der Waals surface area contributed by atoms with Gasteiger partial charge in [0.05, 0.1) is 18.7 Å². The van der Waals surface area contributed by atoms with Gasteiger partial charge in [0, 0.05) is 39.3 Å². The van der Waals surface area contributed by atoms with E-state index in [4.69, 9.17) is 4.74 Å². The number of nitrogens with zero attached hydrogens (tertiary/aromatic N) is 6. The molecule has 0 spiro atoms. The average molecular weight is 385 g/mol. The molecule has 2 fully saturated rings. The van der Waals surface area contributed by atoms with Crippen molar-refractivity contribution in [3.63, 3.8) is 0 Å². The quantitative estimate of drug-likeness (QED) is 0.697. The monoisotopic (exact) mass is 384 g/mol. The SMILES string of the molecule is CCC[C@H](c1nnnn1C[C@@H]1CCCO1)N1CCN(Cc2ccccc2)CC1. The first kappa shape index (κ1) is 19.5. The number of ether oxygens (including phenoxy) is 1. The third-order valence-corrected chi connectivity index (χ3v) is 5.92. The molecule has 2 aliphatic rings. The average Bonchev–Trinajstić information content (AvgIpc) is 3.40. The smallest absolute Gasteiger partial charge is 0.168 e. The van der Waals surface area contributed by atoms with Gasteiger partial charge in [0.1, 0.15) is 0 Å². The Kier molecular flexibility index (Phi) is 6.67. The van der Waals surface area contributed by atoms with E-state index in [1.165, 1.54) is 5.56 Å². The van der Waals surface area contributed by atoms with Gasteiger partial charge in [-0.2, -0.15) is 0 Å². The van der Waals surface area contributed by atoms with Crippen LogP contribution in [0.1, 0.15) is 50.0 Å². The Bertz CT molecular complexity index is 707. The van der Waals surface area contributed by atoms with Gasteiger partial charge in [-0.25, -0.2) is 4.68 Å². The van der Waals surface area contributed by atoms with E-state index >= 15 is 0 Å². The van der Waals surface area contributed by atoms with Crippen LogP contribution in [0.2, 0.25) is 0 Å². The summed E-state index contributed by atoms with van der Waals surface area (Å²) in [5, 5.41) is 12.7. The molecule has 2 saturated heterocycles. The predicted molar refractivity (Wildman–Crippen MR) is 108 cm³/mol. The fraction of sp³-hybridized carbons (Fsp3) is 0.667. The van der Waals surface area contributed by atoms with Crippen LogP contribution in [0.15, 0.2) is 30.3 Å². The predicted octanol–water partition coefficient (Wildman–Crippen LogP) is 2.51. The summed E-state index contributed by atoms with van der Waals surface area (Å²) in [5.41, 5.74) is 1.39. The molecule has 0 saturated carbocycles. The lowest BCUT2D eigenvalue weighted by Crippen LogP contribution is -2.47. The van der Waals surface area contributed by atoms with Gasteiger partial charge in [0.2, 0.25) is 0 Å². The highest BCUT2D eigenvalue weighted by Gasteiger charge is 2.29. The molecule has 0 N–H and O–H groups in total. The summed E-state index contributed by atoms with van der Waals surface area (Å²) in [6.07, 6.45) is 4.72. The van der Waals surface area contributed by atoms with Crippen LogP contribution in [0.5, 0.6) is 0 Å². The number of hydrogen-bond acceptors (Lipinski definition) is 6. The summed E-state index contributed by atoms with van der Waals surface area (Å²) < 4.78 is 7.79. The van der Waals surface area contributed by atoms with Crippen molar-refractivity contribution in [3.05, 3.63) is 41.7 Å². The largest absolute Gasteiger partial charge is 0.376 e. The van der Waals surface area contributed by atoms with E-state index in [9.17, 15) is 0 Å². The fourth-order valence-electron chi connectivity index (χ4n) is 4.38. The Morgan fingerprint density at radius 3 is 2.68 bits per heavy atom. The van der Waals surface area contributed by atoms with E-state index in [2.05, 4.69) is 62.6 Å². The van der Waals surface area contributed by atoms with Crippen molar-refractivity contribution in [1.82, 2.24) is 30.0 Å². The van der Waals surface area contributed by atoms with Gasteiger partial charge in [0.15, 0.2) is 5.82 Å². The van der Waals surface area contributed by atoms with Crippen LogP contribution in [0.3, 0.4) is 0 Å². The van der Waals surface area contributed by atoms with Crippen LogP contribution in [0.25, 0.3) is 0 Å². The molecule has 1 aromatic heterocycles. The Morgan fingerprint density at radius 1 is 1.14 bits per heavy atom. The minimum absolute atomic E-state index is 0.257. The second-order valence-corrected chi connectivity index (χ2v) is 7.96. The Hall–Kier alpha value is -1.83. The molecule has 7 nitrogen and oxygen atoms in total. The summed E-state index contributed by atoms with van der Waals surface area (Å²) in [6.45, 7) is 9.20. The molecule has 2 aromatic rings. The molecule has 7 heteroatoms. The highest BCUT2D eigenvalue weighted by Crippen LogP contribution is 2.26. The van der Waals surface area contributed by atoms with Crippen molar-refractivity contribution in [2.75, 3.05) is 32.8 Å². The third kappa shape index (κ3) is 4.77. The molecular formula is C21H32N6O. The molecule has 3 heterocycles. The van der Waals surface area contributed by atoms with Crippen LogP contribution in [0.4, 0.5) is 0 Å². The van der Waals surface area contributed by atoms with Crippen molar-refractivity contribution in [3.8, 4) is 0 Å². The number of rotatable bonds is 8. The summed E-state index contributed by atoms with van der Waals surface area (Å²) >= 11 is 0. The molecule has 0 unspecified atom stereocenters. The molecule has 2 atom stereocenters. The maximum atomic E-state index is 5.80. The van der Waals surface area contributed by atoms with Gasteiger partial charge in [0.25, 0.3) is 0 Å². The van der Waals surface area contributed by atoms with Crippen molar-refractivity contribution >= 4 is 0 Å². The van der Waals surface area contributed by atoms with Crippen LogP contribution in [-0.2, 0) is 17.8 Å². The summed E-state index contributed by atoms with van der Waals surface area (Å²) in [6, 6.07) is 11.0. The topological polar surface area (TPSA) is 59.3 Å². The van der Waals surface area contributed by atoms with E-state index in [1.54, 1.807) is 0 Å². The van der Waals surface area contributed by atoms with Gasteiger partial charge in [-0.3, -0.25) is 9.80 Å². The minimum atomic E-state index is 0.257. The number of piperazine rings is 1. The first-order valence-corrected chi connectivity index (χ1v) is 10.7. The van der Waals surface area contributed by atoms with E-state index in [0.717, 1.165) is 77.4 Å². The first-order chi connectivity index (χ1) is 13.8.